The first kappa shape index (κ1) is 15.2. The monoisotopic (exact) mass is 208 g/mol. The number of amides is 1. The minimum atomic E-state index is 0. The lowest BCUT2D eigenvalue weighted by Crippen LogP contribution is -2.26. The second-order valence-electron chi connectivity index (χ2n) is 3.26. The largest absolute Gasteiger partial charge is 0.356 e. The first-order valence-electron chi connectivity index (χ1n) is 4.58. The predicted molar refractivity (Wildman–Crippen MR) is 58.3 cm³/mol. The highest BCUT2D eigenvalue weighted by Crippen LogP contribution is 1.86. The Morgan fingerprint density at radius 1 is 1.38 bits per heavy atom. The van der Waals surface area contributed by atoms with E-state index < -0.39 is 0 Å². The summed E-state index contributed by atoms with van der Waals surface area (Å²) in [7, 11) is 4.07. The Labute approximate surface area is 87.3 Å². The average Bonchev–Trinajstić information content (AvgIpc) is 1.98. The lowest BCUT2D eigenvalue weighted by atomic mass is 10.3. The fourth-order valence-electron chi connectivity index (χ4n) is 0.939. The Morgan fingerprint density at radius 2 is 2.00 bits per heavy atom. The van der Waals surface area contributed by atoms with Crippen LogP contribution in [0, 0.1) is 0 Å². The van der Waals surface area contributed by atoms with Gasteiger partial charge in [0.2, 0.25) is 5.91 Å². The molecule has 0 radical (unpaired) electrons. The van der Waals surface area contributed by atoms with Gasteiger partial charge in [-0.05, 0) is 33.5 Å². The van der Waals surface area contributed by atoms with Crippen molar-refractivity contribution in [2.24, 2.45) is 0 Å². The summed E-state index contributed by atoms with van der Waals surface area (Å²) < 4.78 is 0. The van der Waals surface area contributed by atoms with Gasteiger partial charge in [-0.3, -0.25) is 4.79 Å². The maximum Gasteiger partial charge on any atom is 0.219 e. The third-order valence-corrected chi connectivity index (χ3v) is 1.58. The predicted octanol–water partition coefficient (Wildman–Crippen LogP) is 1.28. The van der Waals surface area contributed by atoms with Crippen molar-refractivity contribution in [1.29, 1.82) is 0 Å². The van der Waals surface area contributed by atoms with E-state index in [4.69, 9.17) is 0 Å². The molecule has 0 saturated heterocycles. The van der Waals surface area contributed by atoms with Gasteiger partial charge < -0.3 is 10.2 Å². The van der Waals surface area contributed by atoms with Crippen LogP contribution in [0.25, 0.3) is 0 Å². The zero-order valence-corrected chi connectivity index (χ0v) is 9.62. The quantitative estimate of drug-likeness (QED) is 0.667. The van der Waals surface area contributed by atoms with Crippen LogP contribution in [0.2, 0.25) is 0 Å². The normalized spacial score (nSPS) is 9.54. The van der Waals surface area contributed by atoms with Crippen LogP contribution < -0.4 is 5.32 Å². The first-order valence-corrected chi connectivity index (χ1v) is 4.58. The summed E-state index contributed by atoms with van der Waals surface area (Å²) >= 11 is 0. The van der Waals surface area contributed by atoms with E-state index >= 15 is 0 Å². The van der Waals surface area contributed by atoms with Crippen molar-refractivity contribution in [2.45, 2.75) is 26.2 Å². The van der Waals surface area contributed by atoms with E-state index in [0.29, 0.717) is 6.42 Å². The third kappa shape index (κ3) is 11.7. The van der Waals surface area contributed by atoms with Crippen LogP contribution in [0.5, 0.6) is 0 Å². The zero-order valence-electron chi connectivity index (χ0n) is 8.80. The summed E-state index contributed by atoms with van der Waals surface area (Å²) in [6, 6.07) is 0. The Kier molecular flexibility index (Phi) is 11.5. The highest BCUT2D eigenvalue weighted by molar-refractivity contribution is 5.85. The van der Waals surface area contributed by atoms with Gasteiger partial charge in [0.05, 0.1) is 0 Å². The first-order chi connectivity index (χ1) is 5.66. The van der Waals surface area contributed by atoms with Gasteiger partial charge in [0.1, 0.15) is 0 Å². The van der Waals surface area contributed by atoms with E-state index in [1.165, 1.54) is 0 Å². The van der Waals surface area contributed by atoms with Gasteiger partial charge in [0.15, 0.2) is 0 Å². The second-order valence-corrected chi connectivity index (χ2v) is 3.26. The topological polar surface area (TPSA) is 32.3 Å². The number of hydrogen-bond acceptors (Lipinski definition) is 2. The molecule has 0 aromatic carbocycles. The summed E-state index contributed by atoms with van der Waals surface area (Å²) in [6.45, 7) is 3.85. The lowest BCUT2D eigenvalue weighted by molar-refractivity contribution is -0.121. The summed E-state index contributed by atoms with van der Waals surface area (Å²) in [5.74, 6) is 0.177. The molecule has 0 aliphatic rings. The van der Waals surface area contributed by atoms with Gasteiger partial charge in [-0.2, -0.15) is 0 Å². The molecule has 0 heterocycles. The molecule has 0 rings (SSSR count). The molecule has 1 amide bonds. The van der Waals surface area contributed by atoms with Crippen molar-refractivity contribution in [3.8, 4) is 0 Å². The highest BCUT2D eigenvalue weighted by Gasteiger charge is 1.97. The van der Waals surface area contributed by atoms with Gasteiger partial charge in [-0.15, -0.1) is 12.4 Å². The molecular formula is C9H21ClN2O. The molecule has 3 nitrogen and oxygen atoms in total. The Morgan fingerprint density at radius 3 is 2.46 bits per heavy atom. The summed E-state index contributed by atoms with van der Waals surface area (Å²) in [5.41, 5.74) is 0. The van der Waals surface area contributed by atoms with Crippen LogP contribution in [0.1, 0.15) is 26.2 Å². The van der Waals surface area contributed by atoms with E-state index in [2.05, 4.69) is 10.2 Å². The molecule has 4 heteroatoms. The van der Waals surface area contributed by atoms with Crippen LogP contribution in [-0.2, 0) is 4.79 Å². The van der Waals surface area contributed by atoms with Crippen molar-refractivity contribution in [3.63, 3.8) is 0 Å². The molecule has 0 saturated carbocycles. The fraction of sp³-hybridized carbons (Fsp3) is 0.889. The lowest BCUT2D eigenvalue weighted by Gasteiger charge is -2.09. The molecule has 80 valence electrons. The molecule has 1 N–H and O–H groups in total. The summed E-state index contributed by atoms with van der Waals surface area (Å²) in [5, 5.41) is 2.87. The van der Waals surface area contributed by atoms with Gasteiger partial charge in [0.25, 0.3) is 0 Å². The van der Waals surface area contributed by atoms with E-state index in [-0.39, 0.29) is 18.3 Å². The molecule has 0 aliphatic carbocycles. The number of rotatable bonds is 6. The second kappa shape index (κ2) is 9.81. The minimum Gasteiger partial charge on any atom is -0.356 e. The van der Waals surface area contributed by atoms with Crippen LogP contribution in [0.15, 0.2) is 0 Å². The van der Waals surface area contributed by atoms with Gasteiger partial charge in [-0.25, -0.2) is 0 Å². The highest BCUT2D eigenvalue weighted by atomic mass is 35.5. The van der Waals surface area contributed by atoms with Crippen molar-refractivity contribution in [1.82, 2.24) is 10.2 Å². The molecule has 0 unspecified atom stereocenters. The zero-order chi connectivity index (χ0) is 9.40. The standard InChI is InChI=1S/C9H20N2O.ClH/c1-4-6-9(12)10-7-5-8-11(2)3;/h4-8H2,1-3H3,(H,10,12);1H. The molecule has 0 atom stereocenters. The van der Waals surface area contributed by atoms with Crippen molar-refractivity contribution in [2.75, 3.05) is 27.2 Å². The number of carbonyl (C=O) groups excluding carboxylic acids is 1. The average molecular weight is 209 g/mol. The molecule has 0 aromatic rings. The van der Waals surface area contributed by atoms with Crippen molar-refractivity contribution >= 4 is 18.3 Å². The Balaban J connectivity index is 0. The SMILES string of the molecule is CCCC(=O)NCCCN(C)C.Cl. The van der Waals surface area contributed by atoms with Crippen LogP contribution in [-0.4, -0.2) is 38.0 Å². The van der Waals surface area contributed by atoms with Gasteiger partial charge in [-0.1, -0.05) is 6.92 Å². The smallest absolute Gasteiger partial charge is 0.219 e. The van der Waals surface area contributed by atoms with Gasteiger partial charge in [0, 0.05) is 13.0 Å². The van der Waals surface area contributed by atoms with Crippen molar-refractivity contribution < 1.29 is 4.79 Å². The van der Waals surface area contributed by atoms with Crippen LogP contribution in [0.4, 0.5) is 0 Å². The van der Waals surface area contributed by atoms with Crippen LogP contribution in [0.3, 0.4) is 0 Å². The van der Waals surface area contributed by atoms with E-state index in [1.807, 2.05) is 21.0 Å². The maximum absolute atomic E-state index is 11.0. The molecule has 0 fully saturated rings. The minimum absolute atomic E-state index is 0. The number of nitrogens with one attached hydrogen (secondary N) is 1. The number of carbonyl (C=O) groups is 1. The molecular weight excluding hydrogens is 188 g/mol. The summed E-state index contributed by atoms with van der Waals surface area (Å²) in [4.78, 5) is 13.1. The number of nitrogens with zero attached hydrogens (tertiary/aromatic N) is 1. The summed E-state index contributed by atoms with van der Waals surface area (Å²) in [6.07, 6.45) is 2.62. The van der Waals surface area contributed by atoms with E-state index in [9.17, 15) is 4.79 Å². The van der Waals surface area contributed by atoms with E-state index in [0.717, 1.165) is 25.9 Å². The molecule has 0 aromatic heterocycles. The number of hydrogen-bond donors (Lipinski definition) is 1. The number of halogens is 1. The maximum atomic E-state index is 11.0. The Bertz CT molecular complexity index is 129. The molecule has 13 heavy (non-hydrogen) atoms. The Hall–Kier alpha value is -0.280. The molecule has 0 aliphatic heterocycles. The fourth-order valence-corrected chi connectivity index (χ4v) is 0.939. The molecule has 0 spiro atoms. The van der Waals surface area contributed by atoms with Gasteiger partial charge >= 0.3 is 0 Å². The molecule has 0 bridgehead atoms. The van der Waals surface area contributed by atoms with Crippen LogP contribution >= 0.6 is 12.4 Å². The van der Waals surface area contributed by atoms with E-state index in [1.54, 1.807) is 0 Å². The third-order valence-electron chi connectivity index (χ3n) is 1.58. The van der Waals surface area contributed by atoms with Crippen molar-refractivity contribution in [3.05, 3.63) is 0 Å².